The number of thioether (sulfide) groups is 1. The van der Waals surface area contributed by atoms with Crippen LogP contribution in [0.25, 0.3) is 0 Å². The first-order chi connectivity index (χ1) is 7.61. The molecule has 0 bridgehead atoms. The van der Waals surface area contributed by atoms with Crippen molar-refractivity contribution in [1.82, 2.24) is 4.90 Å². The molecule has 3 nitrogen and oxygen atoms in total. The Morgan fingerprint density at radius 2 is 2.06 bits per heavy atom. The van der Waals surface area contributed by atoms with Crippen molar-refractivity contribution in [3.8, 4) is 0 Å². The Labute approximate surface area is 115 Å². The summed E-state index contributed by atoms with van der Waals surface area (Å²) in [6.45, 7) is 4.58. The molecular weight excluding hydrogens is 256 g/mol. The molecule has 1 saturated heterocycles. The van der Waals surface area contributed by atoms with Crippen molar-refractivity contribution in [3.63, 3.8) is 0 Å². The van der Waals surface area contributed by atoms with Crippen molar-refractivity contribution >= 4 is 30.1 Å². The Hall–Kier alpha value is 0.0700. The first-order valence-corrected chi connectivity index (χ1v) is 7.31. The maximum atomic E-state index is 12.5. The van der Waals surface area contributed by atoms with Crippen LogP contribution in [0.5, 0.6) is 0 Å². The minimum absolute atomic E-state index is 0. The van der Waals surface area contributed by atoms with Crippen LogP contribution in [-0.2, 0) is 4.79 Å². The second-order valence-corrected chi connectivity index (χ2v) is 5.77. The third-order valence-electron chi connectivity index (χ3n) is 3.97. The number of hydrogen-bond donors (Lipinski definition) is 1. The number of carbonyl (C=O) groups excluding carboxylic acids is 1. The van der Waals surface area contributed by atoms with Gasteiger partial charge in [-0.1, -0.05) is 13.8 Å². The highest BCUT2D eigenvalue weighted by Gasteiger charge is 2.38. The quantitative estimate of drug-likeness (QED) is 0.839. The molecule has 1 aliphatic heterocycles. The maximum absolute atomic E-state index is 12.5. The lowest BCUT2D eigenvalue weighted by molar-refractivity contribution is -0.142. The standard InChI is InChI=1S/C12H24N2OS.ClH/c1-4-12(5-2,9-13)11(15)14(3)10-6-7-16-8-10;/h10H,4-9,13H2,1-3H3;1H. The van der Waals surface area contributed by atoms with E-state index in [1.165, 1.54) is 5.75 Å². The van der Waals surface area contributed by atoms with Crippen LogP contribution in [-0.4, -0.2) is 41.9 Å². The van der Waals surface area contributed by atoms with E-state index in [0.29, 0.717) is 12.6 Å². The fraction of sp³-hybridized carbons (Fsp3) is 0.917. The molecule has 5 heteroatoms. The van der Waals surface area contributed by atoms with E-state index in [1.54, 1.807) is 0 Å². The number of nitrogens with two attached hydrogens (primary N) is 1. The van der Waals surface area contributed by atoms with Gasteiger partial charge in [0.05, 0.1) is 5.41 Å². The summed E-state index contributed by atoms with van der Waals surface area (Å²) in [5.74, 6) is 2.50. The van der Waals surface area contributed by atoms with Gasteiger partial charge >= 0.3 is 0 Å². The molecule has 0 aliphatic carbocycles. The van der Waals surface area contributed by atoms with Gasteiger partial charge in [-0.2, -0.15) is 11.8 Å². The first-order valence-electron chi connectivity index (χ1n) is 6.16. The van der Waals surface area contributed by atoms with Crippen molar-refractivity contribution in [2.24, 2.45) is 11.1 Å². The molecule has 1 atom stereocenters. The molecule has 0 radical (unpaired) electrons. The SMILES string of the molecule is CCC(CC)(CN)C(=O)N(C)C1CCSC1.Cl. The van der Waals surface area contributed by atoms with E-state index >= 15 is 0 Å². The van der Waals surface area contributed by atoms with Crippen LogP contribution in [0.2, 0.25) is 0 Å². The van der Waals surface area contributed by atoms with Gasteiger partial charge in [-0.15, -0.1) is 12.4 Å². The summed E-state index contributed by atoms with van der Waals surface area (Å²) in [5, 5.41) is 0. The second-order valence-electron chi connectivity index (χ2n) is 4.63. The van der Waals surface area contributed by atoms with Gasteiger partial charge in [-0.3, -0.25) is 4.79 Å². The summed E-state index contributed by atoms with van der Waals surface area (Å²) in [7, 11) is 1.94. The number of carbonyl (C=O) groups is 1. The predicted molar refractivity (Wildman–Crippen MR) is 77.8 cm³/mol. The lowest BCUT2D eigenvalue weighted by Crippen LogP contribution is -2.49. The predicted octanol–water partition coefficient (Wildman–Crippen LogP) is 2.14. The van der Waals surface area contributed by atoms with Gasteiger partial charge in [0.15, 0.2) is 0 Å². The van der Waals surface area contributed by atoms with E-state index in [4.69, 9.17) is 5.73 Å². The van der Waals surface area contributed by atoms with Crippen LogP contribution >= 0.6 is 24.2 Å². The summed E-state index contributed by atoms with van der Waals surface area (Å²) >= 11 is 1.94. The van der Waals surface area contributed by atoms with Crippen molar-refractivity contribution in [2.75, 3.05) is 25.1 Å². The Balaban J connectivity index is 0.00000256. The highest BCUT2D eigenvalue weighted by atomic mass is 35.5. The van der Waals surface area contributed by atoms with E-state index in [2.05, 4.69) is 13.8 Å². The lowest BCUT2D eigenvalue weighted by atomic mass is 9.80. The molecule has 1 aliphatic rings. The minimum Gasteiger partial charge on any atom is -0.341 e. The molecule has 1 rings (SSSR count). The molecule has 17 heavy (non-hydrogen) atoms. The molecule has 0 aromatic rings. The normalized spacial score (nSPS) is 19.9. The number of amides is 1. The van der Waals surface area contributed by atoms with Gasteiger partial charge in [0.2, 0.25) is 5.91 Å². The smallest absolute Gasteiger partial charge is 0.230 e. The van der Waals surface area contributed by atoms with Crippen molar-refractivity contribution in [2.45, 2.75) is 39.2 Å². The van der Waals surface area contributed by atoms with E-state index in [9.17, 15) is 4.79 Å². The van der Waals surface area contributed by atoms with Gasteiger partial charge in [0.25, 0.3) is 0 Å². The minimum atomic E-state index is -0.331. The van der Waals surface area contributed by atoms with Crippen LogP contribution in [0, 0.1) is 5.41 Å². The van der Waals surface area contributed by atoms with E-state index in [0.717, 1.165) is 25.0 Å². The number of rotatable bonds is 5. The Bertz CT molecular complexity index is 232. The number of hydrogen-bond acceptors (Lipinski definition) is 3. The van der Waals surface area contributed by atoms with E-state index < -0.39 is 0 Å². The second kappa shape index (κ2) is 7.49. The molecule has 0 aromatic heterocycles. The van der Waals surface area contributed by atoms with Crippen LogP contribution in [0.3, 0.4) is 0 Å². The first kappa shape index (κ1) is 17.1. The zero-order chi connectivity index (χ0) is 12.2. The number of halogens is 1. The molecule has 2 N–H and O–H groups in total. The highest BCUT2D eigenvalue weighted by Crippen LogP contribution is 2.30. The van der Waals surface area contributed by atoms with Crippen molar-refractivity contribution < 1.29 is 4.79 Å². The summed E-state index contributed by atoms with van der Waals surface area (Å²) in [4.78, 5) is 14.4. The molecular formula is C12H25ClN2OS. The van der Waals surface area contributed by atoms with Gasteiger partial charge < -0.3 is 10.6 Å². The summed E-state index contributed by atoms with van der Waals surface area (Å²) in [6, 6.07) is 0.418. The van der Waals surface area contributed by atoms with Crippen LogP contribution < -0.4 is 5.73 Å². The van der Waals surface area contributed by atoms with Crippen molar-refractivity contribution in [3.05, 3.63) is 0 Å². The monoisotopic (exact) mass is 280 g/mol. The lowest BCUT2D eigenvalue weighted by Gasteiger charge is -2.36. The number of nitrogens with zero attached hydrogens (tertiary/aromatic N) is 1. The maximum Gasteiger partial charge on any atom is 0.230 e. The summed E-state index contributed by atoms with van der Waals surface area (Å²) in [5.41, 5.74) is 5.48. The third-order valence-corrected chi connectivity index (χ3v) is 5.12. The van der Waals surface area contributed by atoms with Crippen LogP contribution in [0.4, 0.5) is 0 Å². The van der Waals surface area contributed by atoms with Gasteiger partial charge in [-0.05, 0) is 25.0 Å². The molecule has 0 spiro atoms. The summed E-state index contributed by atoms with van der Waals surface area (Å²) < 4.78 is 0. The molecule has 1 heterocycles. The van der Waals surface area contributed by atoms with Gasteiger partial charge in [0.1, 0.15) is 0 Å². The molecule has 1 unspecified atom stereocenters. The van der Waals surface area contributed by atoms with Crippen LogP contribution in [0.1, 0.15) is 33.1 Å². The highest BCUT2D eigenvalue weighted by molar-refractivity contribution is 7.99. The van der Waals surface area contributed by atoms with E-state index in [1.807, 2.05) is 23.7 Å². The zero-order valence-electron chi connectivity index (χ0n) is 11.1. The zero-order valence-corrected chi connectivity index (χ0v) is 12.7. The van der Waals surface area contributed by atoms with Crippen molar-refractivity contribution in [1.29, 1.82) is 0 Å². The topological polar surface area (TPSA) is 46.3 Å². The van der Waals surface area contributed by atoms with Gasteiger partial charge in [-0.25, -0.2) is 0 Å². The van der Waals surface area contributed by atoms with E-state index in [-0.39, 0.29) is 23.7 Å². The average molecular weight is 281 g/mol. The molecule has 1 fully saturated rings. The fourth-order valence-electron chi connectivity index (χ4n) is 2.30. The third kappa shape index (κ3) is 3.52. The average Bonchev–Trinajstić information content (AvgIpc) is 2.84. The Kier molecular flexibility index (Phi) is 7.52. The largest absolute Gasteiger partial charge is 0.341 e. The fourth-order valence-corrected chi connectivity index (χ4v) is 3.56. The van der Waals surface area contributed by atoms with Gasteiger partial charge in [0, 0.05) is 25.4 Å². The Morgan fingerprint density at radius 3 is 2.41 bits per heavy atom. The molecule has 0 aromatic carbocycles. The molecule has 1 amide bonds. The summed E-state index contributed by atoms with van der Waals surface area (Å²) in [6.07, 6.45) is 2.80. The Morgan fingerprint density at radius 1 is 1.47 bits per heavy atom. The van der Waals surface area contributed by atoms with Crippen LogP contribution in [0.15, 0.2) is 0 Å². The molecule has 102 valence electrons. The molecule has 0 saturated carbocycles.